The Morgan fingerprint density at radius 3 is 2.43 bits per heavy atom. The second-order valence-electron chi connectivity index (χ2n) is 7.68. The summed E-state index contributed by atoms with van der Waals surface area (Å²) >= 11 is 0. The summed E-state index contributed by atoms with van der Waals surface area (Å²) in [6, 6.07) is 17.8. The van der Waals surface area contributed by atoms with Crippen LogP contribution in [-0.2, 0) is 16.0 Å². The molecular formula is C23H27N3O2. The molecule has 2 aliphatic rings. The number of carbonyl (C=O) groups is 2. The standard InChI is InChI=1S/C23H27N3O2/c27-22(26-14-6-8-18-7-4-5-11-21(18)26)17-25-15-12-19(13-16-25)23(28)24-20-9-2-1-3-10-20/h1-5,7,9-11,19H,6,8,12-17H2,(H,24,28). The molecule has 2 heterocycles. The highest BCUT2D eigenvalue weighted by Gasteiger charge is 2.28. The number of nitrogens with one attached hydrogen (secondary N) is 1. The molecule has 2 aliphatic heterocycles. The number of nitrogens with zero attached hydrogens (tertiary/aromatic N) is 2. The zero-order chi connectivity index (χ0) is 19.3. The maximum absolute atomic E-state index is 12.9. The smallest absolute Gasteiger partial charge is 0.241 e. The molecule has 4 rings (SSSR count). The molecule has 5 heteroatoms. The van der Waals surface area contributed by atoms with Gasteiger partial charge in [-0.3, -0.25) is 14.5 Å². The largest absolute Gasteiger partial charge is 0.326 e. The van der Waals surface area contributed by atoms with E-state index in [2.05, 4.69) is 16.3 Å². The Labute approximate surface area is 166 Å². The molecule has 0 aromatic heterocycles. The Morgan fingerprint density at radius 1 is 0.929 bits per heavy atom. The van der Waals surface area contributed by atoms with Gasteiger partial charge in [0.15, 0.2) is 0 Å². The molecule has 1 fully saturated rings. The van der Waals surface area contributed by atoms with E-state index in [1.807, 2.05) is 53.4 Å². The number of para-hydroxylation sites is 2. The van der Waals surface area contributed by atoms with Gasteiger partial charge in [-0.25, -0.2) is 0 Å². The lowest BCUT2D eigenvalue weighted by molar-refractivity contribution is -0.122. The Morgan fingerprint density at radius 2 is 1.64 bits per heavy atom. The lowest BCUT2D eigenvalue weighted by Crippen LogP contribution is -2.46. The van der Waals surface area contributed by atoms with Crippen molar-refractivity contribution in [2.75, 3.05) is 36.4 Å². The van der Waals surface area contributed by atoms with Gasteiger partial charge in [-0.2, -0.15) is 0 Å². The van der Waals surface area contributed by atoms with Gasteiger partial charge in [0, 0.05) is 23.8 Å². The van der Waals surface area contributed by atoms with Gasteiger partial charge in [0.25, 0.3) is 0 Å². The fraction of sp³-hybridized carbons (Fsp3) is 0.391. The molecule has 0 atom stereocenters. The number of benzene rings is 2. The minimum atomic E-state index is 0.0160. The zero-order valence-electron chi connectivity index (χ0n) is 16.1. The van der Waals surface area contributed by atoms with Crippen LogP contribution in [0.15, 0.2) is 54.6 Å². The third kappa shape index (κ3) is 4.25. The van der Waals surface area contributed by atoms with E-state index in [-0.39, 0.29) is 17.7 Å². The molecule has 2 aromatic carbocycles. The molecule has 2 amide bonds. The third-order valence-electron chi connectivity index (χ3n) is 5.77. The normalized spacial score (nSPS) is 17.8. The van der Waals surface area contributed by atoms with Gasteiger partial charge in [-0.15, -0.1) is 0 Å². The first-order valence-electron chi connectivity index (χ1n) is 10.2. The Kier molecular flexibility index (Phi) is 5.72. The van der Waals surface area contributed by atoms with E-state index in [1.165, 1.54) is 5.56 Å². The molecule has 28 heavy (non-hydrogen) atoms. The van der Waals surface area contributed by atoms with Gasteiger partial charge in [-0.1, -0.05) is 36.4 Å². The molecule has 0 saturated carbocycles. The SMILES string of the molecule is O=C(Nc1ccccc1)C1CCN(CC(=O)N2CCCc3ccccc32)CC1. The predicted octanol–water partition coefficient (Wildman–Crippen LogP) is 3.32. The second kappa shape index (κ2) is 8.57. The van der Waals surface area contributed by atoms with E-state index in [0.717, 1.165) is 56.7 Å². The number of rotatable bonds is 4. The lowest BCUT2D eigenvalue weighted by Gasteiger charge is -2.34. The average molecular weight is 377 g/mol. The quantitative estimate of drug-likeness (QED) is 0.889. The van der Waals surface area contributed by atoms with Crippen LogP contribution in [0, 0.1) is 5.92 Å². The van der Waals surface area contributed by atoms with Crippen LogP contribution < -0.4 is 10.2 Å². The van der Waals surface area contributed by atoms with E-state index < -0.39 is 0 Å². The molecule has 1 saturated heterocycles. The molecule has 0 unspecified atom stereocenters. The van der Waals surface area contributed by atoms with Crippen molar-refractivity contribution in [3.63, 3.8) is 0 Å². The van der Waals surface area contributed by atoms with Gasteiger partial charge in [0.1, 0.15) is 0 Å². The maximum Gasteiger partial charge on any atom is 0.241 e. The van der Waals surface area contributed by atoms with Crippen LogP contribution in [0.1, 0.15) is 24.8 Å². The number of fused-ring (bicyclic) bond motifs is 1. The molecule has 0 spiro atoms. The summed E-state index contributed by atoms with van der Waals surface area (Å²) in [6.45, 7) is 2.80. The third-order valence-corrected chi connectivity index (χ3v) is 5.77. The van der Waals surface area contributed by atoms with Gasteiger partial charge >= 0.3 is 0 Å². The van der Waals surface area contributed by atoms with Crippen LogP contribution in [-0.4, -0.2) is 42.9 Å². The van der Waals surface area contributed by atoms with E-state index in [9.17, 15) is 9.59 Å². The van der Waals surface area contributed by atoms with Gasteiger partial charge in [0.2, 0.25) is 11.8 Å². The van der Waals surface area contributed by atoms with E-state index >= 15 is 0 Å². The molecule has 0 bridgehead atoms. The molecule has 1 N–H and O–H groups in total. The predicted molar refractivity (Wildman–Crippen MR) is 111 cm³/mol. The molecule has 0 radical (unpaired) electrons. The van der Waals surface area contributed by atoms with Crippen LogP contribution in [0.3, 0.4) is 0 Å². The van der Waals surface area contributed by atoms with Crippen molar-refractivity contribution in [3.05, 3.63) is 60.2 Å². The first kappa shape index (κ1) is 18.7. The van der Waals surface area contributed by atoms with Crippen molar-refractivity contribution in [1.82, 2.24) is 4.90 Å². The monoisotopic (exact) mass is 377 g/mol. The van der Waals surface area contributed by atoms with Gasteiger partial charge < -0.3 is 10.2 Å². The Hall–Kier alpha value is -2.66. The fourth-order valence-electron chi connectivity index (χ4n) is 4.19. The summed E-state index contributed by atoms with van der Waals surface area (Å²) in [4.78, 5) is 29.5. The van der Waals surface area contributed by atoms with Crippen LogP contribution in [0.4, 0.5) is 11.4 Å². The molecule has 5 nitrogen and oxygen atoms in total. The van der Waals surface area contributed by atoms with Crippen molar-refractivity contribution >= 4 is 23.2 Å². The van der Waals surface area contributed by atoms with Crippen LogP contribution >= 0.6 is 0 Å². The number of anilines is 2. The highest BCUT2D eigenvalue weighted by atomic mass is 16.2. The summed E-state index contributed by atoms with van der Waals surface area (Å²) in [5.41, 5.74) is 3.17. The topological polar surface area (TPSA) is 52.7 Å². The van der Waals surface area contributed by atoms with Crippen molar-refractivity contribution in [2.24, 2.45) is 5.92 Å². The number of likely N-dealkylation sites (tertiary alicyclic amines) is 1. The van der Waals surface area contributed by atoms with Gasteiger partial charge in [0.05, 0.1) is 6.54 Å². The van der Waals surface area contributed by atoms with Crippen molar-refractivity contribution < 1.29 is 9.59 Å². The summed E-state index contributed by atoms with van der Waals surface area (Å²) in [5, 5.41) is 3.00. The van der Waals surface area contributed by atoms with Crippen molar-refractivity contribution in [3.8, 4) is 0 Å². The Balaban J connectivity index is 1.29. The van der Waals surface area contributed by atoms with Gasteiger partial charge in [-0.05, 0) is 62.5 Å². The number of aryl methyl sites for hydroxylation is 1. The van der Waals surface area contributed by atoms with Crippen LogP contribution in [0.5, 0.6) is 0 Å². The minimum Gasteiger partial charge on any atom is -0.326 e. The van der Waals surface area contributed by atoms with E-state index in [4.69, 9.17) is 0 Å². The summed E-state index contributed by atoms with van der Waals surface area (Å²) in [7, 11) is 0. The van der Waals surface area contributed by atoms with Crippen molar-refractivity contribution in [1.29, 1.82) is 0 Å². The minimum absolute atomic E-state index is 0.0160. The molecule has 146 valence electrons. The summed E-state index contributed by atoms with van der Waals surface area (Å²) in [5.74, 6) is 0.267. The van der Waals surface area contributed by atoms with Crippen molar-refractivity contribution in [2.45, 2.75) is 25.7 Å². The van der Waals surface area contributed by atoms with Crippen LogP contribution in [0.2, 0.25) is 0 Å². The summed E-state index contributed by atoms with van der Waals surface area (Å²) in [6.07, 6.45) is 3.65. The highest BCUT2D eigenvalue weighted by molar-refractivity contribution is 5.96. The lowest BCUT2D eigenvalue weighted by atomic mass is 9.95. The second-order valence-corrected chi connectivity index (χ2v) is 7.68. The number of piperidine rings is 1. The molecule has 2 aromatic rings. The molecular weight excluding hydrogens is 350 g/mol. The molecule has 0 aliphatic carbocycles. The van der Waals surface area contributed by atoms with Crippen LogP contribution in [0.25, 0.3) is 0 Å². The number of hydrogen-bond donors (Lipinski definition) is 1. The summed E-state index contributed by atoms with van der Waals surface area (Å²) < 4.78 is 0. The highest BCUT2D eigenvalue weighted by Crippen LogP contribution is 2.27. The maximum atomic E-state index is 12.9. The Bertz CT molecular complexity index is 829. The van der Waals surface area contributed by atoms with E-state index in [1.54, 1.807) is 0 Å². The first-order chi connectivity index (χ1) is 13.7. The number of amides is 2. The zero-order valence-corrected chi connectivity index (χ0v) is 16.1. The fourth-order valence-corrected chi connectivity index (χ4v) is 4.19. The first-order valence-corrected chi connectivity index (χ1v) is 10.2. The number of hydrogen-bond acceptors (Lipinski definition) is 3. The van der Waals surface area contributed by atoms with E-state index in [0.29, 0.717) is 6.54 Å². The number of carbonyl (C=O) groups excluding carboxylic acids is 2. The average Bonchev–Trinajstić information content (AvgIpc) is 2.74.